The van der Waals surface area contributed by atoms with Crippen molar-refractivity contribution in [2.75, 3.05) is 19.6 Å². The summed E-state index contributed by atoms with van der Waals surface area (Å²) in [6.45, 7) is -0.779. The Morgan fingerprint density at radius 2 is 1.61 bits per heavy atom. The van der Waals surface area contributed by atoms with Gasteiger partial charge in [0.2, 0.25) is 10.0 Å². The van der Waals surface area contributed by atoms with E-state index in [2.05, 4.69) is 10.1 Å². The van der Waals surface area contributed by atoms with Crippen molar-refractivity contribution < 1.29 is 57.5 Å². The molecule has 0 aliphatic carbocycles. The van der Waals surface area contributed by atoms with Gasteiger partial charge in [0.25, 0.3) is 0 Å². The number of esters is 1. The summed E-state index contributed by atoms with van der Waals surface area (Å²) < 4.78 is 146. The first-order valence-electron chi connectivity index (χ1n) is 8.18. The highest BCUT2D eigenvalue weighted by molar-refractivity contribution is 7.89. The highest BCUT2D eigenvalue weighted by Crippen LogP contribution is 2.47. The number of ether oxygens (including phenoxy) is 1. The predicted molar refractivity (Wildman–Crippen MR) is 81.6 cm³/mol. The first kappa shape index (κ1) is 23.6. The number of halogens is 9. The van der Waals surface area contributed by atoms with Crippen molar-refractivity contribution in [2.45, 2.75) is 29.7 Å². The molecule has 1 spiro atoms. The van der Waals surface area contributed by atoms with Crippen molar-refractivity contribution in [3.63, 3.8) is 0 Å². The van der Waals surface area contributed by atoms with Gasteiger partial charge < -0.3 is 10.1 Å². The molecule has 2 heterocycles. The van der Waals surface area contributed by atoms with Gasteiger partial charge in [-0.2, -0.15) is 43.8 Å². The number of benzene rings is 1. The van der Waals surface area contributed by atoms with Crippen molar-refractivity contribution in [3.8, 4) is 0 Å². The Morgan fingerprint density at radius 3 is 2.03 bits per heavy atom. The van der Waals surface area contributed by atoms with Crippen LogP contribution in [0.2, 0.25) is 0 Å². The molecule has 1 atom stereocenters. The number of nitrogens with zero attached hydrogens (tertiary/aromatic N) is 1. The van der Waals surface area contributed by atoms with Crippen LogP contribution in [0.25, 0.3) is 0 Å². The number of sulfonamides is 1. The zero-order valence-electron chi connectivity index (χ0n) is 14.8. The number of hydrogen-bond acceptors (Lipinski definition) is 5. The summed E-state index contributed by atoms with van der Waals surface area (Å²) in [6.07, 6.45) is -18.3. The van der Waals surface area contributed by atoms with Crippen LogP contribution in [-0.2, 0) is 31.9 Å². The molecule has 1 aromatic carbocycles. The molecule has 0 aromatic heterocycles. The molecule has 2 fully saturated rings. The molecule has 0 radical (unpaired) electrons. The quantitative estimate of drug-likeness (QED) is 0.526. The molecule has 0 amide bonds. The summed E-state index contributed by atoms with van der Waals surface area (Å²) in [5.74, 6) is -2.76. The second-order valence-corrected chi connectivity index (χ2v) is 8.84. The Morgan fingerprint density at radius 1 is 1.03 bits per heavy atom. The first-order chi connectivity index (χ1) is 13.9. The van der Waals surface area contributed by atoms with E-state index in [0.29, 0.717) is 0 Å². The fraction of sp³-hybridized carbons (Fsp3) is 0.533. The summed E-state index contributed by atoms with van der Waals surface area (Å²) in [6, 6.07) is -0.253. The lowest BCUT2D eigenvalue weighted by atomic mass is 9.74. The van der Waals surface area contributed by atoms with E-state index in [1.54, 1.807) is 0 Å². The van der Waals surface area contributed by atoms with E-state index < -0.39 is 74.8 Å². The molecule has 1 unspecified atom stereocenters. The van der Waals surface area contributed by atoms with Gasteiger partial charge in [-0.3, -0.25) is 0 Å². The topological polar surface area (TPSA) is 75.7 Å². The molecule has 3 rings (SSSR count). The maximum absolute atomic E-state index is 13.3. The summed E-state index contributed by atoms with van der Waals surface area (Å²) in [5, 5.41) is 2.62. The van der Waals surface area contributed by atoms with Gasteiger partial charge in [-0.25, -0.2) is 13.2 Å². The minimum absolute atomic E-state index is 0.0631. The van der Waals surface area contributed by atoms with E-state index in [4.69, 9.17) is 0 Å². The second-order valence-electron chi connectivity index (χ2n) is 6.98. The van der Waals surface area contributed by atoms with E-state index in [1.165, 1.54) is 0 Å². The average molecular weight is 486 g/mol. The van der Waals surface area contributed by atoms with Crippen molar-refractivity contribution in [1.29, 1.82) is 0 Å². The smallest absolute Gasteiger partial charge is 0.438 e. The molecule has 1 N–H and O–H groups in total. The van der Waals surface area contributed by atoms with E-state index in [9.17, 15) is 52.7 Å². The van der Waals surface area contributed by atoms with Gasteiger partial charge in [0.1, 0.15) is 0 Å². The lowest BCUT2D eigenvalue weighted by Gasteiger charge is -2.59. The molecule has 31 heavy (non-hydrogen) atoms. The fourth-order valence-corrected chi connectivity index (χ4v) is 5.13. The van der Waals surface area contributed by atoms with E-state index in [1.807, 2.05) is 0 Å². The average Bonchev–Trinajstić information content (AvgIpc) is 2.54. The molecular formula is C15H11F9N2O4S. The van der Waals surface area contributed by atoms with Crippen LogP contribution in [0.3, 0.4) is 0 Å². The summed E-state index contributed by atoms with van der Waals surface area (Å²) in [7, 11) is -5.29. The third-order valence-electron chi connectivity index (χ3n) is 4.86. The lowest BCUT2D eigenvalue weighted by Crippen LogP contribution is -2.78. The maximum atomic E-state index is 13.3. The van der Waals surface area contributed by atoms with E-state index in [0.717, 1.165) is 0 Å². The minimum Gasteiger partial charge on any atom is -0.438 e. The summed E-state index contributed by atoms with van der Waals surface area (Å²) in [5.41, 5.74) is -5.23. The van der Waals surface area contributed by atoms with Gasteiger partial charge in [0.15, 0.2) is 6.23 Å². The monoisotopic (exact) mass is 486 g/mol. The molecule has 0 bridgehead atoms. The number of hydrogen-bond donors (Lipinski definition) is 1. The molecule has 2 aliphatic heterocycles. The Kier molecular flexibility index (Phi) is 5.30. The van der Waals surface area contributed by atoms with Crippen molar-refractivity contribution in [1.82, 2.24) is 9.62 Å². The van der Waals surface area contributed by atoms with Gasteiger partial charge in [-0.1, -0.05) is 0 Å². The largest absolute Gasteiger partial charge is 0.490 e. The van der Waals surface area contributed by atoms with E-state index >= 15 is 0 Å². The van der Waals surface area contributed by atoms with Crippen LogP contribution >= 0.6 is 0 Å². The van der Waals surface area contributed by atoms with Crippen molar-refractivity contribution in [3.05, 3.63) is 29.3 Å². The molecule has 1 aromatic rings. The second kappa shape index (κ2) is 6.96. The van der Waals surface area contributed by atoms with Gasteiger partial charge in [0, 0.05) is 19.6 Å². The number of rotatable bonds is 3. The molecule has 6 nitrogen and oxygen atoms in total. The maximum Gasteiger partial charge on any atom is 0.490 e. The predicted octanol–water partition coefficient (Wildman–Crippen LogP) is 2.75. The highest BCUT2D eigenvalue weighted by atomic mass is 32.2. The molecule has 174 valence electrons. The number of carbonyl (C=O) groups is 1. The van der Waals surface area contributed by atoms with Crippen LogP contribution in [0, 0.1) is 5.41 Å². The van der Waals surface area contributed by atoms with Gasteiger partial charge in [-0.15, -0.1) is 0 Å². The number of carbonyl (C=O) groups excluding carboxylic acids is 1. The van der Waals surface area contributed by atoms with Crippen LogP contribution in [0.15, 0.2) is 23.1 Å². The Balaban J connectivity index is 2.03. The molecule has 2 aliphatic rings. The highest BCUT2D eigenvalue weighted by Gasteiger charge is 2.64. The van der Waals surface area contributed by atoms with Gasteiger partial charge in [0.05, 0.1) is 21.4 Å². The molecule has 0 saturated carbocycles. The first-order valence-corrected chi connectivity index (χ1v) is 9.62. The molecule has 16 heteroatoms. The Bertz CT molecular complexity index is 997. The van der Waals surface area contributed by atoms with Crippen LogP contribution in [0.4, 0.5) is 39.5 Å². The normalized spacial score (nSPS) is 22.0. The van der Waals surface area contributed by atoms with Crippen molar-refractivity contribution in [2.24, 2.45) is 5.41 Å². The standard InChI is InChI=1S/C15H11F9N2O4S/c16-13(17,18)7-1-2-9(8(3-7)14(19,20)21)31(28,29)26-6-12(4-25-5-12)10(26)30-11(27)15(22,23)24/h1-3,10,25H,4-6H2. The number of nitrogens with one attached hydrogen (secondary N) is 1. The zero-order valence-corrected chi connectivity index (χ0v) is 15.6. The summed E-state index contributed by atoms with van der Waals surface area (Å²) >= 11 is 0. The van der Waals surface area contributed by atoms with Crippen LogP contribution in [0.5, 0.6) is 0 Å². The SMILES string of the molecule is O=C(OC1N(S(=O)(=O)c2ccc(C(F)(F)F)cc2C(F)(F)F)CC12CNC2)C(F)(F)F. The van der Waals surface area contributed by atoms with E-state index in [-0.39, 0.29) is 29.5 Å². The van der Waals surface area contributed by atoms with Gasteiger partial charge >= 0.3 is 24.5 Å². The van der Waals surface area contributed by atoms with Crippen molar-refractivity contribution >= 4 is 16.0 Å². The number of alkyl halides is 9. The molecule has 2 saturated heterocycles. The van der Waals surface area contributed by atoms with Crippen LogP contribution < -0.4 is 5.32 Å². The third-order valence-corrected chi connectivity index (χ3v) is 6.71. The Hall–Kier alpha value is -2.07. The van der Waals surface area contributed by atoms with Crippen LogP contribution in [0.1, 0.15) is 11.1 Å². The minimum atomic E-state index is -5.54. The fourth-order valence-electron chi connectivity index (χ4n) is 3.24. The van der Waals surface area contributed by atoms with Gasteiger partial charge in [-0.05, 0) is 18.2 Å². The zero-order chi connectivity index (χ0) is 23.6. The van der Waals surface area contributed by atoms with Crippen LogP contribution in [-0.4, -0.2) is 50.7 Å². The summed E-state index contributed by atoms with van der Waals surface area (Å²) in [4.78, 5) is 9.58. The molecular weight excluding hydrogens is 475 g/mol. The lowest BCUT2D eigenvalue weighted by molar-refractivity contribution is -0.243. The third kappa shape index (κ3) is 4.07. The Labute approximate surface area is 168 Å².